The van der Waals surface area contributed by atoms with Crippen LogP contribution in [0.25, 0.3) is 0 Å². The van der Waals surface area contributed by atoms with Gasteiger partial charge in [-0.25, -0.2) is 0 Å². The summed E-state index contributed by atoms with van der Waals surface area (Å²) in [6.45, 7) is 4.55. The predicted molar refractivity (Wildman–Crippen MR) is 53.6 cm³/mol. The van der Waals surface area contributed by atoms with Gasteiger partial charge in [0.25, 0.3) is 0 Å². The molecule has 1 fully saturated rings. The molecule has 3 heteroatoms. The molecular formula is C10H20N2O. The van der Waals surface area contributed by atoms with Crippen molar-refractivity contribution in [2.75, 3.05) is 33.2 Å². The summed E-state index contributed by atoms with van der Waals surface area (Å²) >= 11 is 0. The van der Waals surface area contributed by atoms with Crippen LogP contribution in [0, 0.1) is 0 Å². The third kappa shape index (κ3) is 4.27. The highest BCUT2D eigenvalue weighted by atomic mass is 16.1. The van der Waals surface area contributed by atoms with Gasteiger partial charge in [0.05, 0.1) is 0 Å². The summed E-state index contributed by atoms with van der Waals surface area (Å²) in [5.41, 5.74) is 0. The van der Waals surface area contributed by atoms with E-state index in [9.17, 15) is 4.79 Å². The molecular weight excluding hydrogens is 164 g/mol. The molecule has 0 saturated carbocycles. The van der Waals surface area contributed by atoms with Crippen molar-refractivity contribution in [3.05, 3.63) is 0 Å². The number of hydrogen-bond donors (Lipinski definition) is 0. The van der Waals surface area contributed by atoms with Crippen LogP contribution in [-0.4, -0.2) is 49.4 Å². The number of carbonyl (C=O) groups excluding carboxylic acids is 1. The first-order valence-corrected chi connectivity index (χ1v) is 5.21. The minimum Gasteiger partial charge on any atom is -0.348 e. The van der Waals surface area contributed by atoms with Crippen LogP contribution in [-0.2, 0) is 4.79 Å². The summed E-state index contributed by atoms with van der Waals surface area (Å²) in [7, 11) is 1.84. The van der Waals surface area contributed by atoms with Crippen molar-refractivity contribution in [1.29, 1.82) is 0 Å². The van der Waals surface area contributed by atoms with Crippen LogP contribution in [0.4, 0.5) is 0 Å². The fraction of sp³-hybridized carbons (Fsp3) is 0.900. The maximum atomic E-state index is 10.3. The van der Waals surface area contributed by atoms with Gasteiger partial charge in [0.1, 0.15) is 0 Å². The van der Waals surface area contributed by atoms with Gasteiger partial charge in [-0.1, -0.05) is 6.42 Å². The average molecular weight is 184 g/mol. The number of likely N-dealkylation sites (tertiary alicyclic amines) is 1. The molecule has 1 rings (SSSR count). The Balaban J connectivity index is 2.01. The van der Waals surface area contributed by atoms with Crippen LogP contribution < -0.4 is 0 Å². The Morgan fingerprint density at radius 2 is 2.00 bits per heavy atom. The van der Waals surface area contributed by atoms with E-state index in [1.54, 1.807) is 4.90 Å². The van der Waals surface area contributed by atoms with Crippen molar-refractivity contribution >= 4 is 6.41 Å². The van der Waals surface area contributed by atoms with Crippen LogP contribution in [0.3, 0.4) is 0 Å². The zero-order chi connectivity index (χ0) is 9.52. The second kappa shape index (κ2) is 5.97. The molecule has 0 unspecified atom stereocenters. The van der Waals surface area contributed by atoms with Gasteiger partial charge in [0.15, 0.2) is 0 Å². The lowest BCUT2D eigenvalue weighted by Gasteiger charge is -2.26. The van der Waals surface area contributed by atoms with Crippen LogP contribution >= 0.6 is 0 Å². The van der Waals surface area contributed by atoms with Gasteiger partial charge in [0.2, 0.25) is 6.41 Å². The smallest absolute Gasteiger partial charge is 0.209 e. The van der Waals surface area contributed by atoms with Gasteiger partial charge < -0.3 is 9.80 Å². The molecule has 1 aliphatic rings. The first-order chi connectivity index (χ1) is 6.33. The first kappa shape index (κ1) is 10.5. The zero-order valence-corrected chi connectivity index (χ0v) is 8.54. The number of nitrogens with zero attached hydrogens (tertiary/aromatic N) is 2. The lowest BCUT2D eigenvalue weighted by atomic mass is 10.1. The molecule has 0 aromatic rings. The van der Waals surface area contributed by atoms with Crippen molar-refractivity contribution in [2.24, 2.45) is 0 Å². The van der Waals surface area contributed by atoms with Gasteiger partial charge in [-0.05, 0) is 38.9 Å². The molecule has 3 nitrogen and oxygen atoms in total. The SMILES string of the molecule is CN(C=O)CCCN1CCCCC1. The Morgan fingerprint density at radius 3 is 2.62 bits per heavy atom. The summed E-state index contributed by atoms with van der Waals surface area (Å²) in [5, 5.41) is 0. The van der Waals surface area contributed by atoms with Gasteiger partial charge >= 0.3 is 0 Å². The van der Waals surface area contributed by atoms with E-state index in [1.165, 1.54) is 32.4 Å². The van der Waals surface area contributed by atoms with Crippen molar-refractivity contribution in [1.82, 2.24) is 9.80 Å². The van der Waals surface area contributed by atoms with Gasteiger partial charge in [-0.3, -0.25) is 4.79 Å². The topological polar surface area (TPSA) is 23.6 Å². The molecule has 0 atom stereocenters. The summed E-state index contributed by atoms with van der Waals surface area (Å²) < 4.78 is 0. The molecule has 1 amide bonds. The minimum absolute atomic E-state index is 0.889. The van der Waals surface area contributed by atoms with E-state index in [1.807, 2.05) is 7.05 Å². The van der Waals surface area contributed by atoms with E-state index in [-0.39, 0.29) is 0 Å². The number of amides is 1. The molecule has 1 saturated heterocycles. The fourth-order valence-corrected chi connectivity index (χ4v) is 1.78. The zero-order valence-electron chi connectivity index (χ0n) is 8.54. The van der Waals surface area contributed by atoms with E-state index in [0.717, 1.165) is 25.9 Å². The summed E-state index contributed by atoms with van der Waals surface area (Å²) in [6, 6.07) is 0. The molecule has 13 heavy (non-hydrogen) atoms. The van der Waals surface area contributed by atoms with E-state index in [0.29, 0.717) is 0 Å². The largest absolute Gasteiger partial charge is 0.348 e. The highest BCUT2D eigenvalue weighted by molar-refractivity contribution is 5.46. The van der Waals surface area contributed by atoms with Crippen LogP contribution in [0.5, 0.6) is 0 Å². The molecule has 1 heterocycles. The lowest BCUT2D eigenvalue weighted by Crippen LogP contribution is -2.32. The maximum absolute atomic E-state index is 10.3. The second-order valence-corrected chi connectivity index (χ2v) is 3.84. The summed E-state index contributed by atoms with van der Waals surface area (Å²) in [4.78, 5) is 14.5. The predicted octanol–water partition coefficient (Wildman–Crippen LogP) is 0.951. The number of carbonyl (C=O) groups is 1. The van der Waals surface area contributed by atoms with Gasteiger partial charge in [0, 0.05) is 13.6 Å². The van der Waals surface area contributed by atoms with Crippen molar-refractivity contribution < 1.29 is 4.79 Å². The third-order valence-corrected chi connectivity index (χ3v) is 2.61. The lowest BCUT2D eigenvalue weighted by molar-refractivity contribution is -0.117. The van der Waals surface area contributed by atoms with Crippen molar-refractivity contribution in [3.63, 3.8) is 0 Å². The Kier molecular flexibility index (Phi) is 4.83. The Hall–Kier alpha value is -0.570. The van der Waals surface area contributed by atoms with E-state index >= 15 is 0 Å². The standard InChI is InChI=1S/C10H20N2O/c1-11(10-13)6-5-9-12-7-3-2-4-8-12/h10H,2-9H2,1H3. The molecule has 1 aliphatic heterocycles. The Labute approximate surface area is 80.7 Å². The second-order valence-electron chi connectivity index (χ2n) is 3.84. The quantitative estimate of drug-likeness (QED) is 0.594. The van der Waals surface area contributed by atoms with Gasteiger partial charge in [-0.2, -0.15) is 0 Å². The summed E-state index contributed by atoms with van der Waals surface area (Å²) in [6.07, 6.45) is 6.10. The molecule has 0 N–H and O–H groups in total. The summed E-state index contributed by atoms with van der Waals surface area (Å²) in [5.74, 6) is 0. The molecule has 0 aromatic carbocycles. The third-order valence-electron chi connectivity index (χ3n) is 2.61. The number of rotatable bonds is 5. The van der Waals surface area contributed by atoms with Crippen molar-refractivity contribution in [3.8, 4) is 0 Å². The molecule has 0 bridgehead atoms. The molecule has 0 aromatic heterocycles. The van der Waals surface area contributed by atoms with Crippen LogP contribution in [0.15, 0.2) is 0 Å². The first-order valence-electron chi connectivity index (χ1n) is 5.21. The van der Waals surface area contributed by atoms with Crippen molar-refractivity contribution in [2.45, 2.75) is 25.7 Å². The van der Waals surface area contributed by atoms with Crippen LogP contribution in [0.1, 0.15) is 25.7 Å². The maximum Gasteiger partial charge on any atom is 0.209 e. The fourth-order valence-electron chi connectivity index (χ4n) is 1.78. The molecule has 0 spiro atoms. The average Bonchev–Trinajstić information content (AvgIpc) is 2.19. The monoisotopic (exact) mass is 184 g/mol. The Morgan fingerprint density at radius 1 is 1.31 bits per heavy atom. The van der Waals surface area contributed by atoms with Crippen LogP contribution in [0.2, 0.25) is 0 Å². The van der Waals surface area contributed by atoms with E-state index < -0.39 is 0 Å². The Bertz CT molecular complexity index is 144. The van der Waals surface area contributed by atoms with E-state index in [4.69, 9.17) is 0 Å². The molecule has 0 radical (unpaired) electrons. The van der Waals surface area contributed by atoms with Gasteiger partial charge in [-0.15, -0.1) is 0 Å². The highest BCUT2D eigenvalue weighted by Gasteiger charge is 2.08. The highest BCUT2D eigenvalue weighted by Crippen LogP contribution is 2.08. The molecule has 76 valence electrons. The minimum atomic E-state index is 0.889. The number of hydrogen-bond acceptors (Lipinski definition) is 2. The van der Waals surface area contributed by atoms with E-state index in [2.05, 4.69) is 4.90 Å². The normalized spacial score (nSPS) is 18.5. The molecule has 0 aliphatic carbocycles. The number of piperidine rings is 1.